The molecule has 9 aromatic rings. The smallest absolute Gasteiger partial charge is 0.266 e. The number of nitrogens with zero attached hydrogens (tertiary/aromatic N) is 3. The molecule has 0 unspecified atom stereocenters. The van der Waals surface area contributed by atoms with Gasteiger partial charge in [-0.15, -0.1) is 0 Å². The van der Waals surface area contributed by atoms with Crippen molar-refractivity contribution in [3.05, 3.63) is 208 Å². The topological polar surface area (TPSA) is 94.7 Å². The Morgan fingerprint density at radius 2 is 0.693 bits per heavy atom. The number of carbonyl (C=O) groups excluding carboxylic acids is 2. The number of rotatable bonds is 9. The number of para-hydroxylation sites is 1. The summed E-state index contributed by atoms with van der Waals surface area (Å²) in [5, 5.41) is 1.58. The van der Waals surface area contributed by atoms with Crippen LogP contribution in [-0.4, -0.2) is 31.8 Å². The van der Waals surface area contributed by atoms with Gasteiger partial charge < -0.3 is 9.97 Å². The molecule has 75 heavy (non-hydrogen) atoms. The van der Waals surface area contributed by atoms with Crippen LogP contribution in [0.5, 0.6) is 0 Å². The molecule has 7 heteroatoms. The van der Waals surface area contributed by atoms with E-state index in [1.54, 1.807) is 12.1 Å². The first kappa shape index (κ1) is 47.3. The van der Waals surface area contributed by atoms with E-state index in [2.05, 4.69) is 199 Å². The second kappa shape index (κ2) is 18.7. The molecule has 2 amide bonds. The lowest BCUT2D eigenvalue weighted by atomic mass is 9.95. The van der Waals surface area contributed by atoms with Gasteiger partial charge >= 0.3 is 0 Å². The zero-order valence-corrected chi connectivity index (χ0v) is 43.7. The molecule has 0 spiro atoms. The Bertz CT molecular complexity index is 3760. The van der Waals surface area contributed by atoms with Crippen LogP contribution in [-0.2, 0) is 0 Å². The van der Waals surface area contributed by atoms with Gasteiger partial charge in [0.25, 0.3) is 11.8 Å². The zero-order chi connectivity index (χ0) is 51.8. The third kappa shape index (κ3) is 8.24. The van der Waals surface area contributed by atoms with Crippen LogP contribution < -0.4 is 4.90 Å². The molecule has 0 atom stereocenters. The van der Waals surface area contributed by atoms with E-state index in [1.807, 2.05) is 30.3 Å². The maximum atomic E-state index is 14.7. The van der Waals surface area contributed by atoms with Gasteiger partial charge in [-0.25, -0.2) is 14.9 Å². The van der Waals surface area contributed by atoms with Crippen LogP contribution in [0.2, 0.25) is 0 Å². The molecular formula is C68H59N5O2. The van der Waals surface area contributed by atoms with Crippen molar-refractivity contribution in [3.8, 4) is 44.5 Å². The number of aromatic amines is 2. The summed E-state index contributed by atoms with van der Waals surface area (Å²) in [6.07, 6.45) is 8.48. The fraction of sp³-hybridized carbons (Fsp3) is 0.176. The number of hydrogen-bond donors (Lipinski definition) is 2. The predicted octanol–water partition coefficient (Wildman–Crippen LogP) is 17.8. The van der Waals surface area contributed by atoms with Gasteiger partial charge in [0, 0.05) is 44.1 Å². The minimum absolute atomic E-state index is 0.324. The normalized spacial score (nSPS) is 13.2. The Kier molecular flexibility index (Phi) is 11.8. The van der Waals surface area contributed by atoms with Crippen LogP contribution in [0.15, 0.2) is 152 Å². The number of hydrogen-bond acceptors (Lipinski definition) is 4. The van der Waals surface area contributed by atoms with Gasteiger partial charge in [0.1, 0.15) is 0 Å². The van der Waals surface area contributed by atoms with Gasteiger partial charge in [-0.2, -0.15) is 0 Å². The maximum absolute atomic E-state index is 14.7. The Balaban J connectivity index is 1.28. The van der Waals surface area contributed by atoms with Gasteiger partial charge in [-0.1, -0.05) is 171 Å². The van der Waals surface area contributed by atoms with Gasteiger partial charge in [0.15, 0.2) is 0 Å². The van der Waals surface area contributed by atoms with Crippen LogP contribution in [0.3, 0.4) is 0 Å². The third-order valence-corrected chi connectivity index (χ3v) is 15.3. The largest absolute Gasteiger partial charge is 0.354 e. The minimum Gasteiger partial charge on any atom is -0.354 e. The van der Waals surface area contributed by atoms with E-state index in [1.165, 1.54) is 27.2 Å². The summed E-state index contributed by atoms with van der Waals surface area (Å²) in [6.45, 7) is 17.7. The quantitative estimate of drug-likeness (QED) is 0.141. The molecule has 12 rings (SSSR count). The number of nitrogens with one attached hydrogen (secondary N) is 2. The number of amides is 2. The lowest BCUT2D eigenvalue weighted by Crippen LogP contribution is -2.29. The number of aromatic nitrogens is 4. The summed E-state index contributed by atoms with van der Waals surface area (Å²) in [6, 6.07) is 52.6. The lowest BCUT2D eigenvalue weighted by Gasteiger charge is -2.13. The van der Waals surface area contributed by atoms with E-state index in [0.29, 0.717) is 40.5 Å². The van der Waals surface area contributed by atoms with E-state index in [-0.39, 0.29) is 11.8 Å². The predicted molar refractivity (Wildman–Crippen MR) is 312 cm³/mol. The first-order valence-corrected chi connectivity index (χ1v) is 26.3. The van der Waals surface area contributed by atoms with Crippen LogP contribution >= 0.6 is 0 Å². The molecule has 7 nitrogen and oxygen atoms in total. The molecule has 0 radical (unpaired) electrons. The molecule has 6 heterocycles. The molecule has 8 bridgehead atoms. The lowest BCUT2D eigenvalue weighted by molar-refractivity contribution is 0.0926. The van der Waals surface area contributed by atoms with Crippen LogP contribution in [0.25, 0.3) is 102 Å². The number of imide groups is 1. The van der Waals surface area contributed by atoms with Crippen LogP contribution in [0, 0.1) is 0 Å². The third-order valence-electron chi connectivity index (χ3n) is 15.3. The maximum Gasteiger partial charge on any atom is 0.266 e. The van der Waals surface area contributed by atoms with Crippen molar-refractivity contribution < 1.29 is 9.59 Å². The SMILES string of the molecule is CC(C)c1ccc(-c2c3nc(c(-c4ccc(C(C)C)cc4)c4[nH]c(c(-c5ccc(C(C)C)cc5)c5nc(c(-c6ccc(C(C)C)cc6)c6ccc2[nH]6)C=C5)c2cc5c(cc42)C(=O)N(c2ccccc2)C5=O)C=C3)cc1. The van der Waals surface area contributed by atoms with Crippen LogP contribution in [0.1, 0.15) is 145 Å². The first-order valence-electron chi connectivity index (χ1n) is 26.3. The average molecular weight is 978 g/mol. The molecule has 3 aliphatic heterocycles. The highest BCUT2D eigenvalue weighted by atomic mass is 16.2. The fourth-order valence-electron chi connectivity index (χ4n) is 11.0. The Hall–Kier alpha value is -8.68. The standard InChI is InChI=1S/C68H59N5O2/c1-38(2)42-14-22-46(23-15-42)61-55-30-31-56(69-55)62(47-24-16-43(17-25-47)39(3)4)58-33-35-60(71-58)64(49-28-20-45(21-29-49)41(7)8)66-52-37-54-53(67(74)73(68(54)75)50-12-10-9-11-13-50)36-51(52)65(72-66)63(59-34-32-57(61)70-59)48-26-18-44(19-27-48)40(5)6/h9-41,69,72H,1-8H3. The van der Waals surface area contributed by atoms with Gasteiger partial charge in [-0.3, -0.25) is 9.59 Å². The van der Waals surface area contributed by atoms with Crippen molar-refractivity contribution in [3.63, 3.8) is 0 Å². The van der Waals surface area contributed by atoms with Crippen molar-refractivity contribution >= 4 is 74.6 Å². The number of anilines is 1. The molecule has 6 aromatic carbocycles. The molecule has 0 aliphatic carbocycles. The molecular weight excluding hydrogens is 919 g/mol. The van der Waals surface area contributed by atoms with E-state index in [0.717, 1.165) is 100 Å². The van der Waals surface area contributed by atoms with Crippen molar-refractivity contribution in [2.45, 2.75) is 79.1 Å². The molecule has 3 aromatic heterocycles. The minimum atomic E-state index is -0.361. The van der Waals surface area contributed by atoms with Crippen molar-refractivity contribution in [1.82, 2.24) is 19.9 Å². The first-order chi connectivity index (χ1) is 36.3. The Morgan fingerprint density at radius 1 is 0.373 bits per heavy atom. The van der Waals surface area contributed by atoms with Gasteiger partial charge in [0.2, 0.25) is 0 Å². The molecule has 0 fully saturated rings. The van der Waals surface area contributed by atoms with E-state index >= 15 is 0 Å². The molecule has 0 saturated carbocycles. The second-order valence-corrected chi connectivity index (χ2v) is 21.4. The van der Waals surface area contributed by atoms with E-state index < -0.39 is 0 Å². The highest BCUT2D eigenvalue weighted by Crippen LogP contribution is 2.44. The monoisotopic (exact) mass is 977 g/mol. The van der Waals surface area contributed by atoms with Crippen LogP contribution in [0.4, 0.5) is 5.69 Å². The van der Waals surface area contributed by atoms with Gasteiger partial charge in [-0.05, 0) is 129 Å². The van der Waals surface area contributed by atoms with Gasteiger partial charge in [0.05, 0.1) is 50.6 Å². The highest BCUT2D eigenvalue weighted by Gasteiger charge is 2.38. The number of fused-ring (bicyclic) bond motifs is 12. The highest BCUT2D eigenvalue weighted by molar-refractivity contribution is 6.36. The summed E-state index contributed by atoms with van der Waals surface area (Å²) >= 11 is 0. The second-order valence-electron chi connectivity index (χ2n) is 21.4. The zero-order valence-electron chi connectivity index (χ0n) is 43.7. The van der Waals surface area contributed by atoms with Crippen molar-refractivity contribution in [2.75, 3.05) is 4.90 Å². The molecule has 2 N–H and O–H groups in total. The summed E-state index contributed by atoms with van der Waals surface area (Å²) in [4.78, 5) is 49.9. The molecule has 3 aliphatic rings. The van der Waals surface area contributed by atoms with E-state index in [4.69, 9.17) is 9.97 Å². The fourth-order valence-corrected chi connectivity index (χ4v) is 11.0. The summed E-state index contributed by atoms with van der Waals surface area (Å²) in [5.41, 5.74) is 20.4. The molecule has 368 valence electrons. The number of H-pyrrole nitrogens is 2. The summed E-state index contributed by atoms with van der Waals surface area (Å²) in [5.74, 6) is 0.668. The van der Waals surface area contributed by atoms with E-state index in [9.17, 15) is 9.59 Å². The Morgan fingerprint density at radius 3 is 1.03 bits per heavy atom. The number of carbonyl (C=O) groups is 2. The summed E-state index contributed by atoms with van der Waals surface area (Å²) < 4.78 is 0. The average Bonchev–Trinajstić information content (AvgIpc) is 4.30. The molecule has 0 saturated heterocycles. The number of benzene rings is 6. The van der Waals surface area contributed by atoms with Crippen molar-refractivity contribution in [2.24, 2.45) is 0 Å². The van der Waals surface area contributed by atoms with Crippen molar-refractivity contribution in [1.29, 1.82) is 0 Å². The Labute approximate surface area is 438 Å². The summed E-state index contributed by atoms with van der Waals surface area (Å²) in [7, 11) is 0.